The Kier molecular flexibility index (Phi) is 5.62. The molecule has 0 atom stereocenters. The molecule has 0 bridgehead atoms. The van der Waals surface area contributed by atoms with Crippen molar-refractivity contribution < 1.29 is 9.21 Å². The van der Waals surface area contributed by atoms with Gasteiger partial charge in [-0.05, 0) is 38.2 Å². The molecule has 2 aromatic rings. The molecule has 0 radical (unpaired) electrons. The fourth-order valence-electron chi connectivity index (χ4n) is 2.09. The van der Waals surface area contributed by atoms with E-state index in [1.165, 1.54) is 0 Å². The summed E-state index contributed by atoms with van der Waals surface area (Å²) in [6, 6.07) is 7.29. The van der Waals surface area contributed by atoms with Crippen molar-refractivity contribution in [1.29, 1.82) is 0 Å². The highest BCUT2D eigenvalue weighted by molar-refractivity contribution is 9.10. The molecular weight excluding hydrogens is 354 g/mol. The number of furan rings is 1. The van der Waals surface area contributed by atoms with Gasteiger partial charge in [0, 0.05) is 35.1 Å². The molecule has 0 fully saturated rings. The molecular formula is C16H17BrClNO2. The maximum Gasteiger partial charge on any atom is 0.165 e. The van der Waals surface area contributed by atoms with E-state index in [0.29, 0.717) is 23.6 Å². The second-order valence-electron chi connectivity index (χ2n) is 5.04. The zero-order valence-corrected chi connectivity index (χ0v) is 14.4. The second kappa shape index (κ2) is 7.25. The topological polar surface area (TPSA) is 33.5 Å². The number of halogens is 2. The first kappa shape index (κ1) is 16.3. The molecule has 112 valence electrons. The number of carbonyl (C=O) groups excluding carboxylic acids is 1. The van der Waals surface area contributed by atoms with Gasteiger partial charge in [-0.15, -0.1) is 0 Å². The standard InChI is InChI=1S/C16H17BrClNO2/c1-11-12(6-8-21-11)10-19(2)7-5-16(20)14-4-3-13(17)9-15(14)18/h3-4,6,8-9H,5,7,10H2,1-2H3. The van der Waals surface area contributed by atoms with E-state index in [1.54, 1.807) is 18.4 Å². The van der Waals surface area contributed by atoms with Gasteiger partial charge in [-0.25, -0.2) is 0 Å². The van der Waals surface area contributed by atoms with Crippen LogP contribution in [0.4, 0.5) is 0 Å². The molecule has 3 nitrogen and oxygen atoms in total. The van der Waals surface area contributed by atoms with Crippen LogP contribution in [0.5, 0.6) is 0 Å². The van der Waals surface area contributed by atoms with E-state index in [0.717, 1.165) is 22.3 Å². The summed E-state index contributed by atoms with van der Waals surface area (Å²) in [5.74, 6) is 0.979. The van der Waals surface area contributed by atoms with Gasteiger partial charge < -0.3 is 9.32 Å². The van der Waals surface area contributed by atoms with Crippen molar-refractivity contribution in [2.45, 2.75) is 19.9 Å². The quantitative estimate of drug-likeness (QED) is 0.691. The molecule has 21 heavy (non-hydrogen) atoms. The lowest BCUT2D eigenvalue weighted by molar-refractivity contribution is 0.0968. The van der Waals surface area contributed by atoms with Gasteiger partial charge in [0.25, 0.3) is 0 Å². The number of benzene rings is 1. The van der Waals surface area contributed by atoms with E-state index in [9.17, 15) is 4.79 Å². The third kappa shape index (κ3) is 4.43. The molecule has 2 rings (SSSR count). The molecule has 0 saturated carbocycles. The maximum atomic E-state index is 12.2. The van der Waals surface area contributed by atoms with Crippen LogP contribution in [0, 0.1) is 6.92 Å². The van der Waals surface area contributed by atoms with E-state index in [2.05, 4.69) is 20.8 Å². The molecule has 0 saturated heterocycles. The summed E-state index contributed by atoms with van der Waals surface area (Å²) in [6.45, 7) is 3.38. The molecule has 1 heterocycles. The van der Waals surface area contributed by atoms with Gasteiger partial charge in [-0.2, -0.15) is 0 Å². The summed E-state index contributed by atoms with van der Waals surface area (Å²) < 4.78 is 6.14. The largest absolute Gasteiger partial charge is 0.469 e. The Hall–Kier alpha value is -1.10. The summed E-state index contributed by atoms with van der Waals surface area (Å²) in [7, 11) is 1.99. The molecule has 0 aliphatic rings. The number of hydrogen-bond donors (Lipinski definition) is 0. The molecule has 0 aliphatic heterocycles. The third-order valence-corrected chi connectivity index (χ3v) is 4.16. The van der Waals surface area contributed by atoms with Crippen molar-refractivity contribution in [1.82, 2.24) is 4.90 Å². The number of aryl methyl sites for hydroxylation is 1. The van der Waals surface area contributed by atoms with Crippen molar-refractivity contribution in [3.63, 3.8) is 0 Å². The van der Waals surface area contributed by atoms with Crippen LogP contribution in [0.3, 0.4) is 0 Å². The van der Waals surface area contributed by atoms with E-state index < -0.39 is 0 Å². The molecule has 0 amide bonds. The van der Waals surface area contributed by atoms with Crippen LogP contribution < -0.4 is 0 Å². The molecule has 5 heteroatoms. The fourth-order valence-corrected chi connectivity index (χ4v) is 2.87. The average molecular weight is 371 g/mol. The van der Waals surface area contributed by atoms with E-state index in [1.807, 2.05) is 26.1 Å². The van der Waals surface area contributed by atoms with Crippen LogP contribution in [-0.2, 0) is 6.54 Å². The zero-order chi connectivity index (χ0) is 15.4. The second-order valence-corrected chi connectivity index (χ2v) is 6.36. The first-order valence-corrected chi connectivity index (χ1v) is 7.84. The highest BCUT2D eigenvalue weighted by Crippen LogP contribution is 2.22. The Labute approximate surface area is 138 Å². The van der Waals surface area contributed by atoms with Gasteiger partial charge in [0.1, 0.15) is 5.76 Å². The highest BCUT2D eigenvalue weighted by atomic mass is 79.9. The molecule has 0 spiro atoms. The van der Waals surface area contributed by atoms with Crippen LogP contribution in [0.25, 0.3) is 0 Å². The van der Waals surface area contributed by atoms with Gasteiger partial charge in [0.05, 0.1) is 11.3 Å². The highest BCUT2D eigenvalue weighted by Gasteiger charge is 2.12. The molecule has 0 N–H and O–H groups in total. The number of nitrogens with zero attached hydrogens (tertiary/aromatic N) is 1. The smallest absolute Gasteiger partial charge is 0.165 e. The Morgan fingerprint density at radius 1 is 1.38 bits per heavy atom. The van der Waals surface area contributed by atoms with Crippen LogP contribution >= 0.6 is 27.5 Å². The third-order valence-electron chi connectivity index (χ3n) is 3.36. The van der Waals surface area contributed by atoms with E-state index in [-0.39, 0.29) is 5.78 Å². The van der Waals surface area contributed by atoms with Gasteiger partial charge >= 0.3 is 0 Å². The number of hydrogen-bond acceptors (Lipinski definition) is 3. The molecule has 0 unspecified atom stereocenters. The molecule has 1 aromatic heterocycles. The lowest BCUT2D eigenvalue weighted by Gasteiger charge is -2.15. The first-order chi connectivity index (χ1) is 9.97. The van der Waals surface area contributed by atoms with Gasteiger partial charge in [0.2, 0.25) is 0 Å². The molecule has 0 aliphatic carbocycles. The minimum atomic E-state index is 0.0586. The Morgan fingerprint density at radius 2 is 2.14 bits per heavy atom. The van der Waals surface area contributed by atoms with Crippen LogP contribution in [0.2, 0.25) is 5.02 Å². The fraction of sp³-hybridized carbons (Fsp3) is 0.312. The lowest BCUT2D eigenvalue weighted by atomic mass is 10.1. The van der Waals surface area contributed by atoms with Crippen molar-refractivity contribution in [3.05, 3.63) is 56.9 Å². The normalized spacial score (nSPS) is 11.1. The summed E-state index contributed by atoms with van der Waals surface area (Å²) in [4.78, 5) is 14.3. The number of ketones is 1. The van der Waals surface area contributed by atoms with Gasteiger partial charge in [-0.1, -0.05) is 27.5 Å². The Bertz CT molecular complexity index is 639. The zero-order valence-electron chi connectivity index (χ0n) is 12.0. The SMILES string of the molecule is Cc1occc1CN(C)CCC(=O)c1ccc(Br)cc1Cl. The van der Waals surface area contributed by atoms with E-state index >= 15 is 0 Å². The van der Waals surface area contributed by atoms with Crippen LogP contribution in [-0.4, -0.2) is 24.3 Å². The van der Waals surface area contributed by atoms with Crippen molar-refractivity contribution >= 4 is 33.3 Å². The predicted octanol–water partition coefficient (Wildman–Crippen LogP) is 4.71. The first-order valence-electron chi connectivity index (χ1n) is 6.67. The minimum absolute atomic E-state index is 0.0586. The monoisotopic (exact) mass is 369 g/mol. The van der Waals surface area contributed by atoms with Crippen molar-refractivity contribution in [3.8, 4) is 0 Å². The van der Waals surface area contributed by atoms with Gasteiger partial charge in [-0.3, -0.25) is 4.79 Å². The van der Waals surface area contributed by atoms with Crippen LogP contribution in [0.15, 0.2) is 39.4 Å². The Morgan fingerprint density at radius 3 is 2.76 bits per heavy atom. The van der Waals surface area contributed by atoms with Crippen molar-refractivity contribution in [2.24, 2.45) is 0 Å². The summed E-state index contributed by atoms with van der Waals surface area (Å²) in [5.41, 5.74) is 1.72. The number of Topliss-reactive ketones (excluding diaryl/α,β-unsaturated/α-hetero) is 1. The van der Waals surface area contributed by atoms with Crippen LogP contribution in [0.1, 0.15) is 28.1 Å². The summed E-state index contributed by atoms with van der Waals surface area (Å²) in [5, 5.41) is 0.489. The molecule has 1 aromatic carbocycles. The maximum absolute atomic E-state index is 12.2. The summed E-state index contributed by atoms with van der Waals surface area (Å²) in [6.07, 6.45) is 2.13. The van der Waals surface area contributed by atoms with Crippen molar-refractivity contribution in [2.75, 3.05) is 13.6 Å². The predicted molar refractivity (Wildman–Crippen MR) is 87.9 cm³/mol. The van der Waals surface area contributed by atoms with Gasteiger partial charge in [0.15, 0.2) is 5.78 Å². The lowest BCUT2D eigenvalue weighted by Crippen LogP contribution is -2.21. The number of carbonyl (C=O) groups is 1. The average Bonchev–Trinajstić information content (AvgIpc) is 2.81. The minimum Gasteiger partial charge on any atom is -0.469 e. The Balaban J connectivity index is 1.90. The summed E-state index contributed by atoms with van der Waals surface area (Å²) >= 11 is 9.43. The number of rotatable bonds is 6. The van der Waals surface area contributed by atoms with E-state index in [4.69, 9.17) is 16.0 Å².